The molecule has 6 nitrogen and oxygen atoms in total. The molecule has 1 rings (SSSR count). The second kappa shape index (κ2) is 14.3. The zero-order chi connectivity index (χ0) is 17.8. The Hall–Kier alpha value is -0.860. The highest BCUT2D eigenvalue weighted by atomic mass is 127. The maximum absolute atomic E-state index is 5.25. The first kappa shape index (κ1) is 24.1. The topological polar surface area (TPSA) is 75.3 Å². The monoisotopic (exact) mass is 465 g/mol. The second-order valence-electron chi connectivity index (χ2n) is 6.61. The molecule has 2 N–H and O–H groups in total. The van der Waals surface area contributed by atoms with Crippen LogP contribution in [0.25, 0.3) is 0 Å². The van der Waals surface area contributed by atoms with E-state index in [1.54, 1.807) is 0 Å². The van der Waals surface area contributed by atoms with Crippen LogP contribution in [0.1, 0.15) is 84.4 Å². The fourth-order valence-electron chi connectivity index (χ4n) is 2.37. The summed E-state index contributed by atoms with van der Waals surface area (Å²) in [7, 11) is 0. The second-order valence-corrected chi connectivity index (χ2v) is 6.61. The maximum Gasteiger partial charge on any atom is 0.228 e. The fraction of sp³-hybridized carbons (Fsp3) is 0.833. The van der Waals surface area contributed by atoms with E-state index in [9.17, 15) is 0 Å². The lowest BCUT2D eigenvalue weighted by atomic mass is 10.1. The minimum Gasteiger partial charge on any atom is -0.357 e. The minimum atomic E-state index is 0. The molecule has 1 aromatic rings. The number of hydrogen-bond acceptors (Lipinski definition) is 4. The third-order valence-corrected chi connectivity index (χ3v) is 3.81. The van der Waals surface area contributed by atoms with Crippen molar-refractivity contribution in [1.82, 2.24) is 20.8 Å². The van der Waals surface area contributed by atoms with Crippen LogP contribution in [0.2, 0.25) is 0 Å². The molecule has 1 aromatic heterocycles. The number of nitrogens with one attached hydrogen (secondary N) is 2. The molecule has 0 saturated carbocycles. The van der Waals surface area contributed by atoms with E-state index in [0.717, 1.165) is 18.3 Å². The van der Waals surface area contributed by atoms with E-state index in [1.807, 2.05) is 0 Å². The molecule has 0 amide bonds. The van der Waals surface area contributed by atoms with Gasteiger partial charge in [-0.15, -0.1) is 24.0 Å². The molecule has 1 atom stereocenters. The fourth-order valence-corrected chi connectivity index (χ4v) is 2.37. The quantitative estimate of drug-likeness (QED) is 0.221. The van der Waals surface area contributed by atoms with Gasteiger partial charge in [-0.2, -0.15) is 4.98 Å². The molecule has 0 saturated heterocycles. The predicted octanol–water partition coefficient (Wildman–Crippen LogP) is 4.27. The van der Waals surface area contributed by atoms with E-state index in [1.165, 1.54) is 32.1 Å². The lowest BCUT2D eigenvalue weighted by Gasteiger charge is -2.17. The van der Waals surface area contributed by atoms with Gasteiger partial charge in [-0.1, -0.05) is 51.6 Å². The number of aromatic nitrogens is 2. The molecule has 0 aliphatic heterocycles. The van der Waals surface area contributed by atoms with Crippen LogP contribution in [0.15, 0.2) is 9.52 Å². The van der Waals surface area contributed by atoms with Gasteiger partial charge in [0.1, 0.15) is 0 Å². The van der Waals surface area contributed by atoms with E-state index < -0.39 is 0 Å². The predicted molar refractivity (Wildman–Crippen MR) is 115 cm³/mol. The summed E-state index contributed by atoms with van der Waals surface area (Å²) in [4.78, 5) is 9.00. The van der Waals surface area contributed by atoms with Crippen molar-refractivity contribution in [3.63, 3.8) is 0 Å². The third-order valence-electron chi connectivity index (χ3n) is 3.81. The molecule has 0 fully saturated rings. The van der Waals surface area contributed by atoms with E-state index in [-0.39, 0.29) is 24.0 Å². The van der Waals surface area contributed by atoms with Gasteiger partial charge in [-0.05, 0) is 20.3 Å². The Bertz CT molecular complexity index is 476. The number of guanidine groups is 1. The number of halogens is 1. The average Bonchev–Trinajstić information content (AvgIpc) is 3.01. The molecular formula is C18H36IN5O. The molecule has 25 heavy (non-hydrogen) atoms. The first-order valence-corrected chi connectivity index (χ1v) is 9.44. The summed E-state index contributed by atoms with van der Waals surface area (Å²) in [6.45, 7) is 12.1. The van der Waals surface area contributed by atoms with Crippen LogP contribution in [0.5, 0.6) is 0 Å². The number of rotatable bonds is 11. The van der Waals surface area contributed by atoms with Gasteiger partial charge < -0.3 is 15.2 Å². The van der Waals surface area contributed by atoms with Crippen molar-refractivity contribution >= 4 is 29.9 Å². The molecule has 1 unspecified atom stereocenters. The molecule has 0 radical (unpaired) electrons. The third kappa shape index (κ3) is 10.7. The number of nitrogens with zero attached hydrogens (tertiary/aromatic N) is 3. The van der Waals surface area contributed by atoms with Crippen molar-refractivity contribution in [2.24, 2.45) is 4.99 Å². The van der Waals surface area contributed by atoms with Gasteiger partial charge in [-0.3, -0.25) is 4.99 Å². The van der Waals surface area contributed by atoms with Crippen LogP contribution in [0, 0.1) is 0 Å². The Morgan fingerprint density at radius 3 is 2.52 bits per heavy atom. The summed E-state index contributed by atoms with van der Waals surface area (Å²) in [6, 6.07) is 0.426. The van der Waals surface area contributed by atoms with E-state index in [2.05, 4.69) is 60.4 Å². The van der Waals surface area contributed by atoms with Crippen LogP contribution in [0.3, 0.4) is 0 Å². The Morgan fingerprint density at radius 2 is 1.92 bits per heavy atom. The van der Waals surface area contributed by atoms with E-state index in [0.29, 0.717) is 30.8 Å². The number of hydrogen-bond donors (Lipinski definition) is 2. The molecule has 0 aliphatic rings. The number of unbranched alkanes of at least 4 members (excludes halogenated alkanes) is 3. The van der Waals surface area contributed by atoms with Crippen LogP contribution >= 0.6 is 24.0 Å². The lowest BCUT2D eigenvalue weighted by Crippen LogP contribution is -2.42. The van der Waals surface area contributed by atoms with Gasteiger partial charge in [0, 0.05) is 24.9 Å². The first-order valence-electron chi connectivity index (χ1n) is 9.44. The summed E-state index contributed by atoms with van der Waals surface area (Å²) < 4.78 is 5.25. The normalized spacial score (nSPS) is 12.8. The van der Waals surface area contributed by atoms with Gasteiger partial charge in [0.25, 0.3) is 0 Å². The highest BCUT2D eigenvalue weighted by Gasteiger charge is 2.09. The lowest BCUT2D eigenvalue weighted by molar-refractivity contribution is 0.372. The van der Waals surface area contributed by atoms with Gasteiger partial charge >= 0.3 is 0 Å². The summed E-state index contributed by atoms with van der Waals surface area (Å²) in [5, 5.41) is 10.8. The molecule has 0 aliphatic carbocycles. The maximum atomic E-state index is 5.25. The van der Waals surface area contributed by atoms with E-state index in [4.69, 9.17) is 4.52 Å². The van der Waals surface area contributed by atoms with Crippen LogP contribution < -0.4 is 10.6 Å². The Morgan fingerprint density at radius 1 is 1.16 bits per heavy atom. The average molecular weight is 465 g/mol. The van der Waals surface area contributed by atoms with Crippen LogP contribution in [0.4, 0.5) is 0 Å². The van der Waals surface area contributed by atoms with E-state index >= 15 is 0 Å². The SMILES string of the molecule is CCCCCCC(C)NC(=NCCc1nc(C(C)C)no1)NCC.I. The highest BCUT2D eigenvalue weighted by Crippen LogP contribution is 2.09. The zero-order valence-corrected chi connectivity index (χ0v) is 18.8. The van der Waals surface area contributed by atoms with Crippen molar-refractivity contribution in [3.8, 4) is 0 Å². The van der Waals surface area contributed by atoms with Gasteiger partial charge in [0.05, 0.1) is 6.54 Å². The molecule has 146 valence electrons. The molecule has 0 aromatic carbocycles. The first-order chi connectivity index (χ1) is 11.6. The summed E-state index contributed by atoms with van der Waals surface area (Å²) in [5.41, 5.74) is 0. The molecule has 0 spiro atoms. The van der Waals surface area contributed by atoms with Gasteiger partial charge in [-0.25, -0.2) is 0 Å². The molecule has 0 bridgehead atoms. The molecule has 7 heteroatoms. The van der Waals surface area contributed by atoms with Crippen LogP contribution in [-0.4, -0.2) is 35.2 Å². The standard InChI is InChI=1S/C18H35N5O.HI/c1-6-8-9-10-11-15(5)21-18(19-7-2)20-13-12-16-22-17(14(3)4)23-24-16;/h14-15H,6-13H2,1-5H3,(H2,19,20,21);1H. The largest absolute Gasteiger partial charge is 0.357 e. The van der Waals surface area contributed by atoms with Crippen molar-refractivity contribution in [3.05, 3.63) is 11.7 Å². The summed E-state index contributed by atoms with van der Waals surface area (Å²) >= 11 is 0. The number of aliphatic imine (C=N–C) groups is 1. The minimum absolute atomic E-state index is 0. The van der Waals surface area contributed by atoms with Crippen molar-refractivity contribution in [2.75, 3.05) is 13.1 Å². The van der Waals surface area contributed by atoms with Crippen molar-refractivity contribution in [2.45, 2.75) is 85.1 Å². The Labute approximate surface area is 170 Å². The Balaban J connectivity index is 0.00000576. The highest BCUT2D eigenvalue weighted by molar-refractivity contribution is 14.0. The van der Waals surface area contributed by atoms with Crippen LogP contribution in [-0.2, 0) is 6.42 Å². The molecular weight excluding hydrogens is 429 g/mol. The summed E-state index contributed by atoms with van der Waals surface area (Å²) in [6.07, 6.45) is 7.02. The Kier molecular flexibility index (Phi) is 13.8. The van der Waals surface area contributed by atoms with Gasteiger partial charge in [0.15, 0.2) is 11.8 Å². The molecule has 1 heterocycles. The smallest absolute Gasteiger partial charge is 0.228 e. The van der Waals surface area contributed by atoms with Gasteiger partial charge in [0.2, 0.25) is 5.89 Å². The zero-order valence-electron chi connectivity index (χ0n) is 16.5. The van der Waals surface area contributed by atoms with Crippen molar-refractivity contribution < 1.29 is 4.52 Å². The summed E-state index contributed by atoms with van der Waals surface area (Å²) in [5.74, 6) is 2.58. The van der Waals surface area contributed by atoms with Crippen molar-refractivity contribution in [1.29, 1.82) is 0 Å².